The number of hydrogen-bond donors (Lipinski definition) is 0. The number of aromatic nitrogens is 4. The summed E-state index contributed by atoms with van der Waals surface area (Å²) in [6, 6.07) is 72.0. The van der Waals surface area contributed by atoms with Crippen molar-refractivity contribution in [3.63, 3.8) is 0 Å². The van der Waals surface area contributed by atoms with Crippen LogP contribution in [0.3, 0.4) is 0 Å². The molecule has 0 aliphatic rings. The van der Waals surface area contributed by atoms with Crippen LogP contribution in [0.4, 0.5) is 0 Å². The molecule has 0 bridgehead atoms. The molecule has 270 valence electrons. The lowest BCUT2D eigenvalue weighted by molar-refractivity contribution is 1.16. The summed E-state index contributed by atoms with van der Waals surface area (Å²) >= 11 is 0. The number of benzene rings is 8. The summed E-state index contributed by atoms with van der Waals surface area (Å²) in [7, 11) is 0. The van der Waals surface area contributed by atoms with Crippen LogP contribution in [0.25, 0.3) is 100 Å². The van der Waals surface area contributed by atoms with Crippen molar-refractivity contribution in [3.8, 4) is 62.5 Å². The topological polar surface area (TPSA) is 59.4 Å². The quantitative estimate of drug-likeness (QED) is 0.171. The Kier molecular flexibility index (Phi) is 7.80. The van der Waals surface area contributed by atoms with Crippen LogP contribution in [0.1, 0.15) is 5.56 Å². The molecule has 0 saturated heterocycles. The van der Waals surface area contributed by atoms with Crippen LogP contribution >= 0.6 is 0 Å². The Balaban J connectivity index is 1.04. The molecular weight excluding hydrogens is 707 g/mol. The highest BCUT2D eigenvalue weighted by molar-refractivity contribution is 6.12. The largest absolute Gasteiger partial charge is 0.309 e. The monoisotopic (exact) mass is 739 g/mol. The summed E-state index contributed by atoms with van der Waals surface area (Å²) in [5, 5.41) is 15.4. The Morgan fingerprint density at radius 1 is 0.362 bits per heavy atom. The van der Waals surface area contributed by atoms with Gasteiger partial charge in [0.05, 0.1) is 45.1 Å². The van der Waals surface area contributed by atoms with Crippen LogP contribution in [0, 0.1) is 11.3 Å². The zero-order chi connectivity index (χ0) is 38.6. The molecule has 0 spiro atoms. The SMILES string of the molecule is N#Cc1cc(-n2c3ccccc3c3cc(-c4ccc5c(c4)c4ccccc4n5-c4ccccc4)ccc32)ccc1-c1nc(-c2ccccc2)cc(-c2ccccc2)n1. The van der Waals surface area contributed by atoms with Gasteiger partial charge in [0.25, 0.3) is 0 Å². The first-order valence-electron chi connectivity index (χ1n) is 19.4. The van der Waals surface area contributed by atoms with Crippen molar-refractivity contribution in [2.45, 2.75) is 0 Å². The van der Waals surface area contributed by atoms with Gasteiger partial charge in [0.15, 0.2) is 5.82 Å². The van der Waals surface area contributed by atoms with Gasteiger partial charge in [-0.25, -0.2) is 9.97 Å². The van der Waals surface area contributed by atoms with E-state index in [2.05, 4.69) is 137 Å². The average Bonchev–Trinajstić information content (AvgIpc) is 3.82. The second-order valence-electron chi connectivity index (χ2n) is 14.5. The Morgan fingerprint density at radius 2 is 0.828 bits per heavy atom. The van der Waals surface area contributed by atoms with Gasteiger partial charge in [-0.1, -0.05) is 127 Å². The molecule has 3 aromatic heterocycles. The van der Waals surface area contributed by atoms with E-state index >= 15 is 0 Å². The minimum absolute atomic E-state index is 0.507. The second-order valence-corrected chi connectivity index (χ2v) is 14.5. The molecule has 11 aromatic rings. The number of rotatable bonds is 6. The molecule has 8 aromatic carbocycles. The minimum atomic E-state index is 0.507. The van der Waals surface area contributed by atoms with Crippen molar-refractivity contribution in [3.05, 3.63) is 206 Å². The van der Waals surface area contributed by atoms with Crippen LogP contribution in [0.15, 0.2) is 200 Å². The Morgan fingerprint density at radius 3 is 1.36 bits per heavy atom. The van der Waals surface area contributed by atoms with E-state index in [4.69, 9.17) is 9.97 Å². The molecule has 0 aliphatic heterocycles. The third-order valence-electron chi connectivity index (χ3n) is 11.2. The normalized spacial score (nSPS) is 11.4. The van der Waals surface area contributed by atoms with E-state index in [9.17, 15) is 5.26 Å². The average molecular weight is 740 g/mol. The van der Waals surface area contributed by atoms with E-state index in [0.29, 0.717) is 17.0 Å². The maximum atomic E-state index is 10.7. The lowest BCUT2D eigenvalue weighted by Crippen LogP contribution is -2.00. The molecule has 0 amide bonds. The molecule has 58 heavy (non-hydrogen) atoms. The summed E-state index contributed by atoms with van der Waals surface area (Å²) in [6.07, 6.45) is 0. The van der Waals surface area contributed by atoms with Gasteiger partial charge in [-0.2, -0.15) is 5.26 Å². The van der Waals surface area contributed by atoms with Crippen LogP contribution in [-0.4, -0.2) is 19.1 Å². The summed E-state index contributed by atoms with van der Waals surface area (Å²) in [4.78, 5) is 10.0. The summed E-state index contributed by atoms with van der Waals surface area (Å²) in [5.74, 6) is 0.513. The van der Waals surface area contributed by atoms with Crippen LogP contribution < -0.4 is 0 Å². The maximum absolute atomic E-state index is 10.7. The van der Waals surface area contributed by atoms with E-state index < -0.39 is 0 Å². The lowest BCUT2D eigenvalue weighted by Gasteiger charge is -2.13. The molecule has 3 heterocycles. The zero-order valence-corrected chi connectivity index (χ0v) is 31.3. The third kappa shape index (κ3) is 5.47. The number of nitrogens with zero attached hydrogens (tertiary/aromatic N) is 5. The second kappa shape index (κ2) is 13.6. The number of para-hydroxylation sites is 3. The van der Waals surface area contributed by atoms with Gasteiger partial charge >= 0.3 is 0 Å². The summed E-state index contributed by atoms with van der Waals surface area (Å²) in [5.41, 5.74) is 13.6. The van der Waals surface area contributed by atoms with E-state index in [-0.39, 0.29) is 0 Å². The van der Waals surface area contributed by atoms with Gasteiger partial charge in [0, 0.05) is 49.6 Å². The molecule has 0 unspecified atom stereocenters. The van der Waals surface area contributed by atoms with Crippen molar-refractivity contribution >= 4 is 43.6 Å². The molecule has 0 atom stereocenters. The van der Waals surface area contributed by atoms with E-state index in [1.54, 1.807) is 0 Å². The third-order valence-corrected chi connectivity index (χ3v) is 11.2. The molecule has 0 N–H and O–H groups in total. The predicted octanol–water partition coefficient (Wildman–Crippen LogP) is 13.2. The van der Waals surface area contributed by atoms with E-state index in [1.807, 2.05) is 78.9 Å². The molecule has 0 saturated carbocycles. The fourth-order valence-corrected chi connectivity index (χ4v) is 8.48. The van der Waals surface area contributed by atoms with Crippen molar-refractivity contribution in [1.29, 1.82) is 5.26 Å². The standard InChI is InChI=1S/C53H33N5/c54-34-39-30-41(26-27-42(39)53-55-47(35-14-4-1-5-15-35)33-48(56-53)36-16-6-2-7-17-36)58-50-23-13-11-21-44(50)46-32-38(25-29-52(46)58)37-24-28-51-45(31-37)43-20-10-12-22-49(43)57(51)40-18-8-3-9-19-40/h1-33H. The van der Waals surface area contributed by atoms with Gasteiger partial charge in [-0.15, -0.1) is 0 Å². The summed E-state index contributed by atoms with van der Waals surface area (Å²) in [6.45, 7) is 0. The fraction of sp³-hybridized carbons (Fsp3) is 0. The smallest absolute Gasteiger partial charge is 0.161 e. The fourth-order valence-electron chi connectivity index (χ4n) is 8.48. The zero-order valence-electron chi connectivity index (χ0n) is 31.3. The highest BCUT2D eigenvalue weighted by Gasteiger charge is 2.19. The molecule has 0 fully saturated rings. The Bertz CT molecular complexity index is 3330. The molecule has 11 rings (SSSR count). The predicted molar refractivity (Wildman–Crippen MR) is 237 cm³/mol. The Hall–Kier alpha value is -8.07. The summed E-state index contributed by atoms with van der Waals surface area (Å²) < 4.78 is 4.60. The number of hydrogen-bond acceptors (Lipinski definition) is 3. The van der Waals surface area contributed by atoms with Crippen molar-refractivity contribution < 1.29 is 0 Å². The number of nitriles is 1. The van der Waals surface area contributed by atoms with Gasteiger partial charge < -0.3 is 9.13 Å². The highest BCUT2D eigenvalue weighted by Crippen LogP contribution is 2.39. The maximum Gasteiger partial charge on any atom is 0.161 e. The van der Waals surface area contributed by atoms with Gasteiger partial charge in [0.2, 0.25) is 0 Å². The molecule has 5 nitrogen and oxygen atoms in total. The molecular formula is C53H33N5. The first-order valence-corrected chi connectivity index (χ1v) is 19.4. The van der Waals surface area contributed by atoms with Gasteiger partial charge in [0.1, 0.15) is 0 Å². The first kappa shape index (κ1) is 33.3. The van der Waals surface area contributed by atoms with Crippen molar-refractivity contribution in [2.24, 2.45) is 0 Å². The molecule has 0 radical (unpaired) electrons. The first-order chi connectivity index (χ1) is 28.7. The van der Waals surface area contributed by atoms with Gasteiger partial charge in [-0.3, -0.25) is 0 Å². The van der Waals surface area contributed by atoms with Crippen LogP contribution in [0.2, 0.25) is 0 Å². The minimum Gasteiger partial charge on any atom is -0.309 e. The molecule has 5 heteroatoms. The lowest BCUT2D eigenvalue weighted by atomic mass is 10.0. The van der Waals surface area contributed by atoms with E-state index in [1.165, 1.54) is 21.8 Å². The number of fused-ring (bicyclic) bond motifs is 6. The van der Waals surface area contributed by atoms with Crippen molar-refractivity contribution in [2.75, 3.05) is 0 Å². The van der Waals surface area contributed by atoms with E-state index in [0.717, 1.165) is 66.8 Å². The van der Waals surface area contributed by atoms with Gasteiger partial charge in [-0.05, 0) is 83.9 Å². The van der Waals surface area contributed by atoms with Crippen molar-refractivity contribution in [1.82, 2.24) is 19.1 Å². The Labute approximate surface area is 335 Å². The molecule has 0 aliphatic carbocycles. The van der Waals surface area contributed by atoms with Crippen LogP contribution in [-0.2, 0) is 0 Å². The highest BCUT2D eigenvalue weighted by atomic mass is 15.0. The van der Waals surface area contributed by atoms with Crippen LogP contribution in [0.5, 0.6) is 0 Å².